The number of carboxylic acids is 1. The first-order valence-corrected chi connectivity index (χ1v) is 10.2. The maximum absolute atomic E-state index is 12.8. The number of thiocarbonyl (C=S) groups is 1. The SMILES string of the molecule is O=C(O)CCOc1ccccc1/C=C1/SC(=S)N(NC(=O)c2ccc(Cl)cc2)C1=O. The van der Waals surface area contributed by atoms with E-state index in [4.69, 9.17) is 33.7 Å². The lowest BCUT2D eigenvalue weighted by atomic mass is 10.2. The fourth-order valence-corrected chi connectivity index (χ4v) is 3.75. The number of rotatable bonds is 7. The van der Waals surface area contributed by atoms with Crippen LogP contribution in [0.5, 0.6) is 5.75 Å². The summed E-state index contributed by atoms with van der Waals surface area (Å²) in [5.41, 5.74) is 3.41. The lowest BCUT2D eigenvalue weighted by Crippen LogP contribution is -2.44. The van der Waals surface area contributed by atoms with Crippen molar-refractivity contribution in [2.45, 2.75) is 6.42 Å². The summed E-state index contributed by atoms with van der Waals surface area (Å²) in [5.74, 6) is -1.51. The third-order valence-corrected chi connectivity index (χ3v) is 5.45. The van der Waals surface area contributed by atoms with Crippen LogP contribution >= 0.6 is 35.6 Å². The molecule has 0 saturated carbocycles. The molecule has 1 aliphatic rings. The zero-order chi connectivity index (χ0) is 21.7. The van der Waals surface area contributed by atoms with Crippen molar-refractivity contribution in [3.63, 3.8) is 0 Å². The Morgan fingerprint density at radius 1 is 1.20 bits per heavy atom. The molecule has 1 aliphatic heterocycles. The van der Waals surface area contributed by atoms with Crippen molar-refractivity contribution in [1.29, 1.82) is 0 Å². The summed E-state index contributed by atoms with van der Waals surface area (Å²) >= 11 is 12.1. The molecule has 1 fully saturated rings. The highest BCUT2D eigenvalue weighted by Crippen LogP contribution is 2.33. The molecule has 2 aromatic carbocycles. The first-order chi connectivity index (χ1) is 14.3. The maximum Gasteiger partial charge on any atom is 0.306 e. The summed E-state index contributed by atoms with van der Waals surface area (Å²) in [7, 11) is 0. The van der Waals surface area contributed by atoms with Crippen LogP contribution in [0, 0.1) is 0 Å². The minimum atomic E-state index is -0.968. The second-order valence-electron chi connectivity index (χ2n) is 5.99. The van der Waals surface area contributed by atoms with Crippen LogP contribution < -0.4 is 10.2 Å². The van der Waals surface area contributed by atoms with Gasteiger partial charge >= 0.3 is 5.97 Å². The van der Waals surface area contributed by atoms with E-state index in [1.807, 2.05) is 0 Å². The van der Waals surface area contributed by atoms with E-state index >= 15 is 0 Å². The molecule has 10 heteroatoms. The van der Waals surface area contributed by atoms with Crippen LogP contribution in [0.4, 0.5) is 0 Å². The molecule has 2 amide bonds. The van der Waals surface area contributed by atoms with E-state index in [-0.39, 0.29) is 17.3 Å². The highest BCUT2D eigenvalue weighted by molar-refractivity contribution is 8.26. The molecule has 0 bridgehead atoms. The number of carboxylic acid groups (broad SMARTS) is 1. The van der Waals surface area contributed by atoms with Gasteiger partial charge in [-0.3, -0.25) is 19.8 Å². The Balaban J connectivity index is 1.74. The number of halogens is 1. The van der Waals surface area contributed by atoms with Gasteiger partial charge in [0.1, 0.15) is 5.75 Å². The Kier molecular flexibility index (Phi) is 7.09. The van der Waals surface area contributed by atoms with Gasteiger partial charge in [0, 0.05) is 16.1 Å². The van der Waals surface area contributed by atoms with Gasteiger partial charge in [-0.05, 0) is 48.6 Å². The molecule has 0 aromatic heterocycles. The second kappa shape index (κ2) is 9.75. The number of thioether (sulfide) groups is 1. The van der Waals surface area contributed by atoms with Crippen LogP contribution in [0.25, 0.3) is 6.08 Å². The molecule has 0 radical (unpaired) electrons. The summed E-state index contributed by atoms with van der Waals surface area (Å²) in [6.45, 7) is -0.00169. The number of para-hydroxylation sites is 1. The summed E-state index contributed by atoms with van der Waals surface area (Å²) in [6.07, 6.45) is 1.44. The van der Waals surface area contributed by atoms with Gasteiger partial charge in [-0.1, -0.05) is 41.6 Å². The zero-order valence-corrected chi connectivity index (χ0v) is 17.7. The van der Waals surface area contributed by atoms with Gasteiger partial charge in [0.15, 0.2) is 4.32 Å². The molecule has 2 aromatic rings. The first kappa shape index (κ1) is 21.8. The molecule has 0 spiro atoms. The zero-order valence-electron chi connectivity index (χ0n) is 15.3. The van der Waals surface area contributed by atoms with E-state index < -0.39 is 17.8 Å². The van der Waals surface area contributed by atoms with Crippen molar-refractivity contribution in [3.05, 3.63) is 69.6 Å². The molecule has 154 valence electrons. The monoisotopic (exact) mass is 462 g/mol. The van der Waals surface area contributed by atoms with Crippen molar-refractivity contribution < 1.29 is 24.2 Å². The van der Waals surface area contributed by atoms with Gasteiger partial charge < -0.3 is 9.84 Å². The lowest BCUT2D eigenvalue weighted by Gasteiger charge is -2.15. The molecule has 0 aliphatic carbocycles. The molecule has 1 saturated heterocycles. The number of aliphatic carboxylic acids is 1. The maximum atomic E-state index is 12.8. The Morgan fingerprint density at radius 2 is 1.90 bits per heavy atom. The van der Waals surface area contributed by atoms with Gasteiger partial charge in [-0.25, -0.2) is 0 Å². The Hall–Kier alpha value is -2.88. The van der Waals surface area contributed by atoms with Gasteiger partial charge in [0.2, 0.25) is 0 Å². The van der Waals surface area contributed by atoms with E-state index in [2.05, 4.69) is 5.43 Å². The number of carbonyl (C=O) groups is 3. The number of ether oxygens (including phenoxy) is 1. The smallest absolute Gasteiger partial charge is 0.306 e. The van der Waals surface area contributed by atoms with Crippen molar-refractivity contribution in [1.82, 2.24) is 10.4 Å². The van der Waals surface area contributed by atoms with Crippen LogP contribution in [-0.2, 0) is 9.59 Å². The number of hydrogen-bond acceptors (Lipinski definition) is 6. The van der Waals surface area contributed by atoms with Crippen molar-refractivity contribution >= 4 is 63.8 Å². The van der Waals surface area contributed by atoms with Crippen LogP contribution in [0.2, 0.25) is 5.02 Å². The molecule has 3 rings (SSSR count). The van der Waals surface area contributed by atoms with E-state index in [0.29, 0.717) is 26.8 Å². The van der Waals surface area contributed by atoms with Gasteiger partial charge in [0.25, 0.3) is 11.8 Å². The quantitative estimate of drug-likeness (QED) is 0.478. The average Bonchev–Trinajstić information content (AvgIpc) is 2.97. The van der Waals surface area contributed by atoms with Crippen molar-refractivity contribution in [3.8, 4) is 5.75 Å². The highest BCUT2D eigenvalue weighted by Gasteiger charge is 2.34. The second-order valence-corrected chi connectivity index (χ2v) is 8.11. The summed E-state index contributed by atoms with van der Waals surface area (Å²) in [6, 6.07) is 13.1. The number of nitrogens with zero attached hydrogens (tertiary/aromatic N) is 1. The Morgan fingerprint density at radius 3 is 2.60 bits per heavy atom. The average molecular weight is 463 g/mol. The molecule has 0 atom stereocenters. The van der Waals surface area contributed by atoms with E-state index in [9.17, 15) is 14.4 Å². The standard InChI is InChI=1S/C20H15ClN2O5S2/c21-14-7-5-12(6-8-14)18(26)22-23-19(27)16(30-20(23)29)11-13-3-1-2-4-15(13)28-10-9-17(24)25/h1-8,11H,9-10H2,(H,22,26)(H,24,25)/b16-11+. The van der Waals surface area contributed by atoms with Crippen LogP contribution in [-0.4, -0.2) is 38.8 Å². The predicted molar refractivity (Wildman–Crippen MR) is 118 cm³/mol. The van der Waals surface area contributed by atoms with Gasteiger partial charge in [-0.2, -0.15) is 5.01 Å². The number of amides is 2. The van der Waals surface area contributed by atoms with Crippen LogP contribution in [0.15, 0.2) is 53.4 Å². The minimum Gasteiger partial charge on any atom is -0.492 e. The Bertz CT molecular complexity index is 1040. The summed E-state index contributed by atoms with van der Waals surface area (Å²) in [4.78, 5) is 36.1. The van der Waals surface area contributed by atoms with E-state index in [0.717, 1.165) is 16.8 Å². The van der Waals surface area contributed by atoms with Crippen LogP contribution in [0.3, 0.4) is 0 Å². The third kappa shape index (κ3) is 5.38. The topological polar surface area (TPSA) is 95.9 Å². The van der Waals surface area contributed by atoms with Crippen molar-refractivity contribution in [2.24, 2.45) is 0 Å². The first-order valence-electron chi connectivity index (χ1n) is 8.63. The van der Waals surface area contributed by atoms with Crippen LogP contribution in [0.1, 0.15) is 22.3 Å². The fraction of sp³-hybridized carbons (Fsp3) is 0.100. The largest absolute Gasteiger partial charge is 0.492 e. The number of hydrazine groups is 1. The van der Waals surface area contributed by atoms with Gasteiger partial charge in [0.05, 0.1) is 17.9 Å². The van der Waals surface area contributed by atoms with Gasteiger partial charge in [-0.15, -0.1) is 0 Å². The highest BCUT2D eigenvalue weighted by atomic mass is 35.5. The molecule has 7 nitrogen and oxygen atoms in total. The third-order valence-electron chi connectivity index (χ3n) is 3.89. The number of carbonyl (C=O) groups excluding carboxylic acids is 2. The predicted octanol–water partition coefficient (Wildman–Crippen LogP) is 3.74. The minimum absolute atomic E-state index is 0.00169. The molecule has 30 heavy (non-hydrogen) atoms. The molecular formula is C20H15ClN2O5S2. The summed E-state index contributed by atoms with van der Waals surface area (Å²) in [5, 5.41) is 10.3. The molecule has 2 N–H and O–H groups in total. The summed E-state index contributed by atoms with van der Waals surface area (Å²) < 4.78 is 5.68. The number of nitrogens with one attached hydrogen (secondary N) is 1. The normalized spacial score (nSPS) is 14.8. The lowest BCUT2D eigenvalue weighted by molar-refractivity contribution is -0.137. The number of benzene rings is 2. The molecule has 1 heterocycles. The van der Waals surface area contributed by atoms with E-state index in [1.165, 1.54) is 12.1 Å². The molecule has 0 unspecified atom stereocenters. The fourth-order valence-electron chi connectivity index (χ4n) is 2.45. The number of hydrogen-bond donors (Lipinski definition) is 2. The van der Waals surface area contributed by atoms with E-state index in [1.54, 1.807) is 42.5 Å². The molecular weight excluding hydrogens is 448 g/mol. The Labute approximate surface area is 186 Å². The van der Waals surface area contributed by atoms with Crippen molar-refractivity contribution in [2.75, 3.05) is 6.61 Å².